The van der Waals surface area contributed by atoms with Gasteiger partial charge in [-0.2, -0.15) is 0 Å². The fourth-order valence-corrected chi connectivity index (χ4v) is 1.97. The molecule has 0 atom stereocenters. The molecule has 84 valence electrons. The number of aromatic nitrogens is 3. The number of hydrogen-bond donors (Lipinski definition) is 1. The Kier molecular flexibility index (Phi) is 3.69. The number of nitrogens with zero attached hydrogens (tertiary/aromatic N) is 4. The van der Waals surface area contributed by atoms with E-state index in [0.29, 0.717) is 6.54 Å². The van der Waals surface area contributed by atoms with Gasteiger partial charge in [0, 0.05) is 19.3 Å². The summed E-state index contributed by atoms with van der Waals surface area (Å²) in [6.07, 6.45) is 6.00. The Hall–Kier alpha value is -0.940. The molecule has 1 aliphatic rings. The van der Waals surface area contributed by atoms with Gasteiger partial charge in [-0.25, -0.2) is 0 Å². The van der Waals surface area contributed by atoms with E-state index in [0.717, 1.165) is 18.8 Å². The molecule has 0 radical (unpaired) electrons. The number of rotatable bonds is 4. The summed E-state index contributed by atoms with van der Waals surface area (Å²) in [6, 6.07) is 0. The highest BCUT2D eigenvalue weighted by molar-refractivity contribution is 4.90. The Morgan fingerprint density at radius 1 is 1.20 bits per heavy atom. The van der Waals surface area contributed by atoms with Crippen molar-refractivity contribution in [3.05, 3.63) is 11.9 Å². The van der Waals surface area contributed by atoms with Crippen molar-refractivity contribution < 1.29 is 0 Å². The maximum absolute atomic E-state index is 5.48. The van der Waals surface area contributed by atoms with E-state index >= 15 is 0 Å². The molecular weight excluding hydrogens is 190 g/mol. The smallest absolute Gasteiger partial charge is 0.0962 e. The molecule has 1 saturated heterocycles. The van der Waals surface area contributed by atoms with Crippen LogP contribution in [0, 0.1) is 0 Å². The van der Waals surface area contributed by atoms with E-state index in [1.165, 1.54) is 32.4 Å². The summed E-state index contributed by atoms with van der Waals surface area (Å²) in [5, 5.41) is 8.00. The summed E-state index contributed by atoms with van der Waals surface area (Å²) in [7, 11) is 0. The monoisotopic (exact) mass is 209 g/mol. The summed E-state index contributed by atoms with van der Waals surface area (Å²) >= 11 is 0. The van der Waals surface area contributed by atoms with Gasteiger partial charge in [0.2, 0.25) is 0 Å². The van der Waals surface area contributed by atoms with E-state index < -0.39 is 0 Å². The van der Waals surface area contributed by atoms with Crippen LogP contribution < -0.4 is 5.73 Å². The second-order valence-corrected chi connectivity index (χ2v) is 4.08. The van der Waals surface area contributed by atoms with Crippen LogP contribution in [0.4, 0.5) is 0 Å². The minimum absolute atomic E-state index is 0.476. The molecule has 2 rings (SSSR count). The van der Waals surface area contributed by atoms with Gasteiger partial charge in [-0.15, -0.1) is 5.10 Å². The zero-order valence-electron chi connectivity index (χ0n) is 9.10. The predicted octanol–water partition coefficient (Wildman–Crippen LogP) is 0.223. The molecule has 0 amide bonds. The van der Waals surface area contributed by atoms with Gasteiger partial charge in [0.1, 0.15) is 0 Å². The lowest BCUT2D eigenvalue weighted by atomic mass is 10.1. The fourth-order valence-electron chi connectivity index (χ4n) is 1.97. The largest absolute Gasteiger partial charge is 0.325 e. The Bertz CT molecular complexity index is 290. The van der Waals surface area contributed by atoms with Crippen LogP contribution in [0.1, 0.15) is 25.0 Å². The molecule has 0 aromatic carbocycles. The van der Waals surface area contributed by atoms with Gasteiger partial charge in [-0.1, -0.05) is 11.6 Å². The summed E-state index contributed by atoms with van der Waals surface area (Å²) in [5.41, 5.74) is 6.34. The van der Waals surface area contributed by atoms with Crippen molar-refractivity contribution in [3.8, 4) is 0 Å². The topological polar surface area (TPSA) is 60.0 Å². The first-order valence-corrected chi connectivity index (χ1v) is 5.70. The first kappa shape index (κ1) is 10.6. The van der Waals surface area contributed by atoms with E-state index in [4.69, 9.17) is 5.73 Å². The van der Waals surface area contributed by atoms with Crippen molar-refractivity contribution in [1.29, 1.82) is 0 Å². The van der Waals surface area contributed by atoms with Crippen molar-refractivity contribution in [2.45, 2.75) is 32.4 Å². The van der Waals surface area contributed by atoms with Gasteiger partial charge in [0.15, 0.2) is 0 Å². The zero-order valence-corrected chi connectivity index (χ0v) is 9.10. The lowest BCUT2D eigenvalue weighted by molar-refractivity contribution is 0.217. The van der Waals surface area contributed by atoms with Gasteiger partial charge >= 0.3 is 0 Å². The lowest BCUT2D eigenvalue weighted by Gasteiger charge is -2.25. The molecule has 0 spiro atoms. The quantitative estimate of drug-likeness (QED) is 0.771. The Morgan fingerprint density at radius 2 is 2.00 bits per heavy atom. The molecule has 15 heavy (non-hydrogen) atoms. The first-order chi connectivity index (χ1) is 7.38. The summed E-state index contributed by atoms with van der Waals surface area (Å²) in [6.45, 7) is 4.95. The molecule has 0 aliphatic carbocycles. The van der Waals surface area contributed by atoms with E-state index in [-0.39, 0.29) is 0 Å². The van der Waals surface area contributed by atoms with Crippen LogP contribution in [0.25, 0.3) is 0 Å². The lowest BCUT2D eigenvalue weighted by Crippen LogP contribution is -2.32. The SMILES string of the molecule is NCc1cn(CCN2CCCCC2)nn1. The second-order valence-electron chi connectivity index (χ2n) is 4.08. The third kappa shape index (κ3) is 3.00. The number of piperidine rings is 1. The molecule has 0 bridgehead atoms. The number of nitrogens with two attached hydrogens (primary N) is 1. The van der Waals surface area contributed by atoms with Crippen molar-refractivity contribution in [3.63, 3.8) is 0 Å². The molecule has 5 heteroatoms. The summed E-state index contributed by atoms with van der Waals surface area (Å²) in [5.74, 6) is 0. The Morgan fingerprint density at radius 3 is 2.67 bits per heavy atom. The molecule has 1 aromatic heterocycles. The van der Waals surface area contributed by atoms with Gasteiger partial charge in [-0.05, 0) is 25.9 Å². The summed E-state index contributed by atoms with van der Waals surface area (Å²) < 4.78 is 1.89. The van der Waals surface area contributed by atoms with Crippen molar-refractivity contribution in [2.75, 3.05) is 19.6 Å². The van der Waals surface area contributed by atoms with Gasteiger partial charge in [0.25, 0.3) is 0 Å². The van der Waals surface area contributed by atoms with Crippen LogP contribution in [0.3, 0.4) is 0 Å². The first-order valence-electron chi connectivity index (χ1n) is 5.70. The van der Waals surface area contributed by atoms with Crippen LogP contribution >= 0.6 is 0 Å². The normalized spacial score (nSPS) is 18.2. The molecule has 0 saturated carbocycles. The van der Waals surface area contributed by atoms with Gasteiger partial charge in [-0.3, -0.25) is 4.68 Å². The fraction of sp³-hybridized carbons (Fsp3) is 0.800. The predicted molar refractivity (Wildman–Crippen MR) is 58.2 cm³/mol. The molecule has 2 N–H and O–H groups in total. The van der Waals surface area contributed by atoms with Crippen LogP contribution in [0.5, 0.6) is 0 Å². The van der Waals surface area contributed by atoms with Crippen molar-refractivity contribution >= 4 is 0 Å². The molecule has 1 aliphatic heterocycles. The van der Waals surface area contributed by atoms with Crippen LogP contribution in [0.2, 0.25) is 0 Å². The number of hydrogen-bond acceptors (Lipinski definition) is 4. The average molecular weight is 209 g/mol. The van der Waals surface area contributed by atoms with E-state index in [9.17, 15) is 0 Å². The Balaban J connectivity index is 1.76. The number of likely N-dealkylation sites (tertiary alicyclic amines) is 1. The summed E-state index contributed by atoms with van der Waals surface area (Å²) in [4.78, 5) is 2.49. The molecule has 1 aromatic rings. The average Bonchev–Trinajstić information content (AvgIpc) is 2.76. The highest BCUT2D eigenvalue weighted by atomic mass is 15.4. The standard InChI is InChI=1S/C10H19N5/c11-8-10-9-15(13-12-10)7-6-14-4-2-1-3-5-14/h9H,1-8,11H2. The highest BCUT2D eigenvalue weighted by Gasteiger charge is 2.09. The zero-order chi connectivity index (χ0) is 10.5. The minimum atomic E-state index is 0.476. The van der Waals surface area contributed by atoms with Crippen molar-refractivity contribution in [2.24, 2.45) is 5.73 Å². The third-order valence-electron chi connectivity index (χ3n) is 2.89. The highest BCUT2D eigenvalue weighted by Crippen LogP contribution is 2.08. The molecule has 5 nitrogen and oxygen atoms in total. The Labute approximate surface area is 90.2 Å². The van der Waals surface area contributed by atoms with Crippen LogP contribution in [-0.2, 0) is 13.1 Å². The van der Waals surface area contributed by atoms with Crippen LogP contribution in [-0.4, -0.2) is 39.5 Å². The van der Waals surface area contributed by atoms with E-state index in [1.54, 1.807) is 0 Å². The van der Waals surface area contributed by atoms with Crippen molar-refractivity contribution in [1.82, 2.24) is 19.9 Å². The maximum atomic E-state index is 5.48. The third-order valence-corrected chi connectivity index (χ3v) is 2.89. The molecular formula is C10H19N5. The minimum Gasteiger partial charge on any atom is -0.325 e. The van der Waals surface area contributed by atoms with Gasteiger partial charge < -0.3 is 10.6 Å². The second kappa shape index (κ2) is 5.23. The van der Waals surface area contributed by atoms with Gasteiger partial charge in [0.05, 0.1) is 12.2 Å². The van der Waals surface area contributed by atoms with E-state index in [2.05, 4.69) is 15.2 Å². The maximum Gasteiger partial charge on any atom is 0.0962 e. The molecule has 1 fully saturated rings. The van der Waals surface area contributed by atoms with E-state index in [1.807, 2.05) is 10.9 Å². The molecule has 0 unspecified atom stereocenters. The molecule has 2 heterocycles. The van der Waals surface area contributed by atoms with Crippen LogP contribution in [0.15, 0.2) is 6.20 Å².